The highest BCUT2D eigenvalue weighted by molar-refractivity contribution is 14.0. The van der Waals surface area contributed by atoms with Gasteiger partial charge in [0.15, 0.2) is 5.96 Å². The molecule has 1 unspecified atom stereocenters. The molecule has 0 aliphatic carbocycles. The zero-order chi connectivity index (χ0) is 20.2. The highest BCUT2D eigenvalue weighted by Gasteiger charge is 2.23. The van der Waals surface area contributed by atoms with Gasteiger partial charge in [-0.05, 0) is 31.5 Å². The highest BCUT2D eigenvalue weighted by atomic mass is 127. The Morgan fingerprint density at radius 2 is 1.79 bits per heavy atom. The Hall–Kier alpha value is -1.59. The summed E-state index contributed by atoms with van der Waals surface area (Å²) in [5.74, 6) is 1.40. The molecule has 1 aromatic carbocycles. The van der Waals surface area contributed by atoms with Gasteiger partial charge >= 0.3 is 0 Å². The summed E-state index contributed by atoms with van der Waals surface area (Å²) in [6.07, 6.45) is 0. The van der Waals surface area contributed by atoms with Gasteiger partial charge in [-0.15, -0.1) is 24.0 Å². The average Bonchev–Trinajstić information content (AvgIpc) is 2.73. The van der Waals surface area contributed by atoms with Gasteiger partial charge in [0.2, 0.25) is 5.91 Å². The number of methoxy groups -OCH3 is 1. The number of morpholine rings is 1. The third kappa shape index (κ3) is 8.75. The molecule has 1 heterocycles. The molecule has 1 atom stereocenters. The zero-order valence-corrected chi connectivity index (χ0v) is 19.9. The smallest absolute Gasteiger partial charge is 0.241 e. The van der Waals surface area contributed by atoms with Crippen LogP contribution in [0.4, 0.5) is 0 Å². The van der Waals surface area contributed by atoms with Crippen molar-refractivity contribution in [1.82, 2.24) is 20.9 Å². The fourth-order valence-electron chi connectivity index (χ4n) is 3.11. The number of guanidine groups is 1. The lowest BCUT2D eigenvalue weighted by Gasteiger charge is -2.35. The number of hydrogen-bond acceptors (Lipinski definition) is 5. The van der Waals surface area contributed by atoms with E-state index in [0.717, 1.165) is 38.6 Å². The predicted octanol–water partition coefficient (Wildman–Crippen LogP) is 1.38. The minimum absolute atomic E-state index is 0. The van der Waals surface area contributed by atoms with Gasteiger partial charge in [0, 0.05) is 32.7 Å². The van der Waals surface area contributed by atoms with E-state index in [0.29, 0.717) is 19.0 Å². The van der Waals surface area contributed by atoms with Crippen LogP contribution in [-0.2, 0) is 9.53 Å². The van der Waals surface area contributed by atoms with Crippen LogP contribution in [0.25, 0.3) is 0 Å². The van der Waals surface area contributed by atoms with Crippen LogP contribution in [0.2, 0.25) is 0 Å². The second kappa shape index (κ2) is 14.4. The molecule has 1 aliphatic heterocycles. The number of nitrogens with one attached hydrogen (secondary N) is 3. The van der Waals surface area contributed by atoms with Gasteiger partial charge in [0.1, 0.15) is 12.3 Å². The van der Waals surface area contributed by atoms with E-state index >= 15 is 0 Å². The summed E-state index contributed by atoms with van der Waals surface area (Å²) < 4.78 is 10.8. The summed E-state index contributed by atoms with van der Waals surface area (Å²) in [5, 5.41) is 9.35. The number of carbonyl (C=O) groups is 1. The normalized spacial score (nSPS) is 15.8. The van der Waals surface area contributed by atoms with Crippen LogP contribution in [0.5, 0.6) is 5.75 Å². The molecular formula is C20H34IN5O3. The predicted molar refractivity (Wildman–Crippen MR) is 126 cm³/mol. The maximum atomic E-state index is 11.7. The molecule has 1 aliphatic rings. The Morgan fingerprint density at radius 1 is 1.14 bits per heavy atom. The SMILES string of the molecule is CCNC(=O)CN=C(NCC)NCC(c1ccc(OC)cc1)N1CCOCC1.I. The molecule has 8 nitrogen and oxygen atoms in total. The molecule has 2 rings (SSSR count). The molecule has 0 bridgehead atoms. The maximum absolute atomic E-state index is 11.7. The first-order chi connectivity index (χ1) is 13.7. The van der Waals surface area contributed by atoms with E-state index in [-0.39, 0.29) is 42.5 Å². The minimum Gasteiger partial charge on any atom is -0.497 e. The Morgan fingerprint density at radius 3 is 2.38 bits per heavy atom. The molecule has 9 heteroatoms. The molecule has 0 radical (unpaired) electrons. The summed E-state index contributed by atoms with van der Waals surface area (Å²) in [4.78, 5) is 18.5. The number of carbonyl (C=O) groups excluding carboxylic acids is 1. The fourth-order valence-corrected chi connectivity index (χ4v) is 3.11. The van der Waals surface area contributed by atoms with Gasteiger partial charge in [0.05, 0.1) is 26.4 Å². The Balaban J connectivity index is 0.00000420. The first-order valence-electron chi connectivity index (χ1n) is 9.92. The Labute approximate surface area is 190 Å². The van der Waals surface area contributed by atoms with E-state index in [4.69, 9.17) is 9.47 Å². The zero-order valence-electron chi connectivity index (χ0n) is 17.6. The van der Waals surface area contributed by atoms with Gasteiger partial charge < -0.3 is 25.4 Å². The minimum atomic E-state index is -0.0837. The van der Waals surface area contributed by atoms with Crippen LogP contribution >= 0.6 is 24.0 Å². The van der Waals surface area contributed by atoms with E-state index in [1.165, 1.54) is 5.56 Å². The van der Waals surface area contributed by atoms with Crippen LogP contribution in [-0.4, -0.2) is 76.4 Å². The van der Waals surface area contributed by atoms with Crippen molar-refractivity contribution < 1.29 is 14.3 Å². The molecule has 1 fully saturated rings. The van der Waals surface area contributed by atoms with Gasteiger partial charge in [-0.3, -0.25) is 9.69 Å². The summed E-state index contributed by atoms with van der Waals surface area (Å²) in [5.41, 5.74) is 1.20. The molecule has 1 aromatic rings. The number of hydrogen-bond donors (Lipinski definition) is 3. The first kappa shape index (κ1) is 25.4. The number of ether oxygens (including phenoxy) is 2. The van der Waals surface area contributed by atoms with Crippen molar-refractivity contribution in [2.45, 2.75) is 19.9 Å². The fraction of sp³-hybridized carbons (Fsp3) is 0.600. The monoisotopic (exact) mass is 519 g/mol. The Bertz CT molecular complexity index is 621. The quantitative estimate of drug-likeness (QED) is 0.260. The highest BCUT2D eigenvalue weighted by Crippen LogP contribution is 2.23. The lowest BCUT2D eigenvalue weighted by Crippen LogP contribution is -2.46. The number of aliphatic imine (C=N–C) groups is 1. The number of halogens is 1. The molecule has 164 valence electrons. The van der Waals surface area contributed by atoms with E-state index in [1.54, 1.807) is 7.11 Å². The van der Waals surface area contributed by atoms with E-state index in [9.17, 15) is 4.79 Å². The first-order valence-corrected chi connectivity index (χ1v) is 9.92. The van der Waals surface area contributed by atoms with Crippen molar-refractivity contribution in [3.05, 3.63) is 29.8 Å². The van der Waals surface area contributed by atoms with Crippen molar-refractivity contribution in [2.24, 2.45) is 4.99 Å². The summed E-state index contributed by atoms with van der Waals surface area (Å²) in [7, 11) is 1.67. The van der Waals surface area contributed by atoms with Crippen LogP contribution in [0, 0.1) is 0 Å². The van der Waals surface area contributed by atoms with Gasteiger partial charge in [-0.25, -0.2) is 4.99 Å². The summed E-state index contributed by atoms with van der Waals surface area (Å²) >= 11 is 0. The largest absolute Gasteiger partial charge is 0.497 e. The van der Waals surface area contributed by atoms with Crippen LogP contribution in [0.3, 0.4) is 0 Å². The molecule has 3 N–H and O–H groups in total. The molecule has 0 saturated carbocycles. The number of likely N-dealkylation sites (N-methyl/N-ethyl adjacent to an activating group) is 1. The van der Waals surface area contributed by atoms with Crippen LogP contribution < -0.4 is 20.7 Å². The van der Waals surface area contributed by atoms with Gasteiger partial charge in [-0.2, -0.15) is 0 Å². The molecule has 1 amide bonds. The third-order valence-electron chi connectivity index (χ3n) is 4.55. The number of benzene rings is 1. The molecule has 0 aromatic heterocycles. The average molecular weight is 519 g/mol. The third-order valence-corrected chi connectivity index (χ3v) is 4.55. The van der Waals surface area contributed by atoms with E-state index < -0.39 is 0 Å². The van der Waals surface area contributed by atoms with Gasteiger partial charge in [-0.1, -0.05) is 12.1 Å². The van der Waals surface area contributed by atoms with Crippen molar-refractivity contribution in [2.75, 3.05) is 59.6 Å². The number of nitrogens with zero attached hydrogens (tertiary/aromatic N) is 2. The second-order valence-corrected chi connectivity index (χ2v) is 6.47. The molecule has 1 saturated heterocycles. The van der Waals surface area contributed by atoms with Crippen molar-refractivity contribution in [3.8, 4) is 5.75 Å². The maximum Gasteiger partial charge on any atom is 0.241 e. The Kier molecular flexibility index (Phi) is 12.6. The number of rotatable bonds is 9. The van der Waals surface area contributed by atoms with Crippen molar-refractivity contribution >= 4 is 35.8 Å². The van der Waals surface area contributed by atoms with E-state index in [2.05, 4.69) is 38.0 Å². The summed E-state index contributed by atoms with van der Waals surface area (Å²) in [6, 6.07) is 8.33. The molecule has 0 spiro atoms. The van der Waals surface area contributed by atoms with Crippen molar-refractivity contribution in [3.63, 3.8) is 0 Å². The number of amides is 1. The topological polar surface area (TPSA) is 87.2 Å². The van der Waals surface area contributed by atoms with Gasteiger partial charge in [0.25, 0.3) is 0 Å². The lowest BCUT2D eigenvalue weighted by molar-refractivity contribution is -0.119. The molecule has 29 heavy (non-hydrogen) atoms. The lowest BCUT2D eigenvalue weighted by atomic mass is 10.0. The van der Waals surface area contributed by atoms with Crippen molar-refractivity contribution in [1.29, 1.82) is 0 Å². The molecular weight excluding hydrogens is 485 g/mol. The standard InChI is InChI=1S/C20H33N5O3.HI/c1-4-21-19(26)15-24-20(22-5-2)23-14-18(25-10-12-28-13-11-25)16-6-8-17(27-3)9-7-16;/h6-9,18H,4-5,10-15H2,1-3H3,(H,21,26)(H2,22,23,24);1H. The van der Waals surface area contributed by atoms with Crippen LogP contribution in [0.1, 0.15) is 25.5 Å². The summed E-state index contributed by atoms with van der Waals surface area (Å²) in [6.45, 7) is 9.24. The van der Waals surface area contributed by atoms with Crippen LogP contribution in [0.15, 0.2) is 29.3 Å². The van der Waals surface area contributed by atoms with E-state index in [1.807, 2.05) is 26.0 Å². The second-order valence-electron chi connectivity index (χ2n) is 6.47.